The van der Waals surface area contributed by atoms with Crippen LogP contribution in [-0.4, -0.2) is 100 Å². The number of halogens is 4. The van der Waals surface area contributed by atoms with E-state index in [1.165, 1.54) is 41.4 Å². The summed E-state index contributed by atoms with van der Waals surface area (Å²) < 4.78 is 45.3. The molecule has 4 aromatic rings. The van der Waals surface area contributed by atoms with E-state index in [0.717, 1.165) is 52.1 Å². The molecular weight excluding hydrogens is 715 g/mol. The Balaban J connectivity index is 0.929. The van der Waals surface area contributed by atoms with Gasteiger partial charge in [0.2, 0.25) is 5.91 Å². The number of hydrogen-bond acceptors (Lipinski definition) is 9. The lowest BCUT2D eigenvalue weighted by atomic mass is 10.0. The van der Waals surface area contributed by atoms with Gasteiger partial charge in [-0.3, -0.25) is 34.7 Å². The van der Waals surface area contributed by atoms with Crippen molar-refractivity contribution in [1.29, 1.82) is 0 Å². The third-order valence-electron chi connectivity index (χ3n) is 9.73. The quantitative estimate of drug-likeness (QED) is 0.185. The molecule has 0 saturated carbocycles. The van der Waals surface area contributed by atoms with Gasteiger partial charge >= 0.3 is 11.6 Å². The number of anilines is 3. The number of pyridine rings is 1. The number of nitrogens with zero attached hydrogens (tertiary/aromatic N) is 6. The van der Waals surface area contributed by atoms with Crippen LogP contribution in [-0.2, 0) is 11.3 Å². The average Bonchev–Trinajstić information content (AvgIpc) is 3.68. The first-order chi connectivity index (χ1) is 25.5. The summed E-state index contributed by atoms with van der Waals surface area (Å²) in [6.45, 7) is 5.48. The van der Waals surface area contributed by atoms with Crippen LogP contribution < -0.4 is 25.2 Å². The normalized spacial score (nSPS) is 17.9. The maximum absolute atomic E-state index is 15.1. The van der Waals surface area contributed by atoms with Gasteiger partial charge in [-0.2, -0.15) is 5.10 Å². The number of alkyl halides is 3. The third kappa shape index (κ3) is 8.72. The monoisotopic (exact) mass is 751 g/mol. The number of likely N-dealkylation sites (tertiary alicyclic amines) is 1. The summed E-state index contributed by atoms with van der Waals surface area (Å²) in [5.74, 6) is -0.569. The second kappa shape index (κ2) is 15.4. The number of carbonyl (C=O) groups is 3. The second-order valence-electron chi connectivity index (χ2n) is 13.1. The first-order valence-electron chi connectivity index (χ1n) is 17.3. The summed E-state index contributed by atoms with van der Waals surface area (Å²) >= 11 is 4.83. The molecule has 17 heteroatoms. The molecule has 278 valence electrons. The Morgan fingerprint density at radius 3 is 2.40 bits per heavy atom. The van der Waals surface area contributed by atoms with Gasteiger partial charge in [-0.05, 0) is 74.5 Å². The van der Waals surface area contributed by atoms with E-state index in [9.17, 15) is 23.2 Å². The number of ether oxygens (including phenoxy) is 1. The van der Waals surface area contributed by atoms with Crippen molar-refractivity contribution >= 4 is 46.6 Å². The Hall–Kier alpha value is -5.19. The minimum absolute atomic E-state index is 0.149. The number of hydrogen-bond donors (Lipinski definition) is 3. The van der Waals surface area contributed by atoms with Gasteiger partial charge in [0.1, 0.15) is 17.4 Å². The molecule has 13 nitrogen and oxygen atoms in total. The highest BCUT2D eigenvalue weighted by atomic mass is 35.5. The zero-order valence-electron chi connectivity index (χ0n) is 28.5. The highest BCUT2D eigenvalue weighted by Gasteiger charge is 2.31. The first-order valence-corrected chi connectivity index (χ1v) is 17.7. The highest BCUT2D eigenvalue weighted by molar-refractivity contribution is 6.20. The number of nitrogens with one attached hydrogen (secondary N) is 3. The van der Waals surface area contributed by atoms with Crippen LogP contribution in [0.15, 0.2) is 67.0 Å². The number of amides is 4. The van der Waals surface area contributed by atoms with Gasteiger partial charge < -0.3 is 15.0 Å². The third-order valence-corrected chi connectivity index (χ3v) is 9.81. The standard InChI is InChI=1S/C36H37ClF3N9O4/c37-36(39,40)53-28-5-2-25(3-6-28)43-34(51)24-19-29(31-7-11-42-45-31)33(41-21-24)48-17-15-47(16-18-48)26-8-12-46(13-9-26)22-23-1-4-27(20-30(23)38)49-14-10-32(50)44-35(49)52/h1-7,11,19-21,26H,8-10,12-18,22H2,(H,42,45)(H,43,51)(H,44,50,52). The summed E-state index contributed by atoms with van der Waals surface area (Å²) in [6.07, 6.45) is 5.30. The number of carbonyl (C=O) groups excluding carboxylic acids is 3. The highest BCUT2D eigenvalue weighted by Crippen LogP contribution is 2.31. The lowest BCUT2D eigenvalue weighted by molar-refractivity contribution is -0.120. The van der Waals surface area contributed by atoms with Crippen molar-refractivity contribution in [1.82, 2.24) is 30.3 Å². The van der Waals surface area contributed by atoms with E-state index in [1.807, 2.05) is 6.07 Å². The van der Waals surface area contributed by atoms with Crippen molar-refractivity contribution in [3.63, 3.8) is 0 Å². The number of aromatic amines is 1. The van der Waals surface area contributed by atoms with E-state index in [2.05, 4.69) is 40.3 Å². The lowest BCUT2D eigenvalue weighted by Crippen LogP contribution is -2.53. The maximum Gasteiger partial charge on any atom is 0.487 e. The summed E-state index contributed by atoms with van der Waals surface area (Å²) in [7, 11) is 0. The van der Waals surface area contributed by atoms with E-state index in [0.29, 0.717) is 52.2 Å². The van der Waals surface area contributed by atoms with Crippen molar-refractivity contribution in [2.45, 2.75) is 37.4 Å². The van der Waals surface area contributed by atoms with Gasteiger partial charge in [-0.1, -0.05) is 6.07 Å². The molecule has 3 fully saturated rings. The zero-order valence-corrected chi connectivity index (χ0v) is 29.3. The molecule has 0 unspecified atom stereocenters. The maximum atomic E-state index is 15.1. The average molecular weight is 752 g/mol. The minimum Gasteiger partial charge on any atom is -0.420 e. The molecule has 3 N–H and O–H groups in total. The SMILES string of the molecule is O=C1CCN(c2ccc(CN3CCC(N4CCN(c5ncc(C(=O)Nc6ccc(OC(F)(F)Cl)cc6)cc5-c5cc[nH]n5)CC4)CC3)c(F)c2)C(=O)N1. The zero-order chi connectivity index (χ0) is 37.1. The molecule has 0 aliphatic carbocycles. The number of imide groups is 1. The van der Waals surface area contributed by atoms with Crippen LogP contribution in [0.3, 0.4) is 0 Å². The van der Waals surface area contributed by atoms with E-state index >= 15 is 4.39 Å². The van der Waals surface area contributed by atoms with Crippen LogP contribution in [0, 0.1) is 5.82 Å². The smallest absolute Gasteiger partial charge is 0.420 e. The van der Waals surface area contributed by atoms with Gasteiger partial charge in [-0.25, -0.2) is 14.2 Å². The van der Waals surface area contributed by atoms with Crippen molar-refractivity contribution in [3.8, 4) is 17.0 Å². The van der Waals surface area contributed by atoms with Gasteiger partial charge in [0, 0.05) is 98.2 Å². The van der Waals surface area contributed by atoms with Crippen LogP contribution >= 0.6 is 11.6 Å². The van der Waals surface area contributed by atoms with Crippen LogP contribution in [0.4, 0.5) is 35.2 Å². The fourth-order valence-electron chi connectivity index (χ4n) is 7.00. The fourth-order valence-corrected chi connectivity index (χ4v) is 7.09. The number of rotatable bonds is 10. The molecule has 2 aromatic heterocycles. The van der Waals surface area contributed by atoms with Crippen molar-refractivity contribution in [2.75, 3.05) is 60.9 Å². The molecule has 5 heterocycles. The predicted molar refractivity (Wildman–Crippen MR) is 192 cm³/mol. The molecule has 0 radical (unpaired) electrons. The molecule has 7 rings (SSSR count). The van der Waals surface area contributed by atoms with Crippen LogP contribution in [0.25, 0.3) is 11.3 Å². The Labute approximate surface area is 308 Å². The van der Waals surface area contributed by atoms with Gasteiger partial charge in [-0.15, -0.1) is 8.78 Å². The van der Waals surface area contributed by atoms with Gasteiger partial charge in [0.25, 0.3) is 5.91 Å². The predicted octanol–water partition coefficient (Wildman–Crippen LogP) is 5.26. The number of aromatic nitrogens is 3. The number of benzene rings is 2. The molecular formula is C36H37ClF3N9O4. The second-order valence-corrected chi connectivity index (χ2v) is 13.6. The largest absolute Gasteiger partial charge is 0.487 e. The van der Waals surface area contributed by atoms with E-state index in [1.54, 1.807) is 24.4 Å². The summed E-state index contributed by atoms with van der Waals surface area (Å²) in [4.78, 5) is 49.8. The number of piperidine rings is 1. The molecule has 0 spiro atoms. The Morgan fingerprint density at radius 1 is 0.981 bits per heavy atom. The van der Waals surface area contributed by atoms with Crippen LogP contribution in [0.5, 0.6) is 5.75 Å². The first kappa shape index (κ1) is 36.2. The molecule has 53 heavy (non-hydrogen) atoms. The van der Waals surface area contributed by atoms with E-state index in [4.69, 9.17) is 16.6 Å². The number of urea groups is 1. The number of piperazine rings is 1. The fraction of sp³-hybridized carbons (Fsp3) is 0.361. The molecule has 3 aliphatic heterocycles. The Kier molecular flexibility index (Phi) is 10.5. The molecule has 4 amide bonds. The summed E-state index contributed by atoms with van der Waals surface area (Å²) in [5, 5.41) is 12.2. The lowest BCUT2D eigenvalue weighted by Gasteiger charge is -2.43. The molecule has 3 saturated heterocycles. The van der Waals surface area contributed by atoms with E-state index < -0.39 is 17.5 Å². The van der Waals surface area contributed by atoms with E-state index in [-0.39, 0.29) is 30.4 Å². The van der Waals surface area contributed by atoms with Crippen LogP contribution in [0.1, 0.15) is 35.2 Å². The molecule has 3 aliphatic rings. The Bertz CT molecular complexity index is 1950. The minimum atomic E-state index is -3.84. The van der Waals surface area contributed by atoms with Crippen molar-refractivity contribution < 1.29 is 32.3 Å². The summed E-state index contributed by atoms with van der Waals surface area (Å²) in [6, 6.07) is 13.6. The number of H-pyrrole nitrogens is 1. The van der Waals surface area contributed by atoms with Crippen molar-refractivity contribution in [3.05, 3.63) is 83.9 Å². The molecule has 0 bridgehead atoms. The van der Waals surface area contributed by atoms with Crippen LogP contribution in [0.2, 0.25) is 0 Å². The van der Waals surface area contributed by atoms with Crippen molar-refractivity contribution in [2.24, 2.45) is 0 Å². The summed E-state index contributed by atoms with van der Waals surface area (Å²) in [5.41, 5.74) is -0.832. The topological polar surface area (TPSA) is 139 Å². The molecule has 0 atom stereocenters. The van der Waals surface area contributed by atoms with Gasteiger partial charge in [0.05, 0.1) is 11.3 Å². The van der Waals surface area contributed by atoms with Gasteiger partial charge in [0.15, 0.2) is 0 Å². The Morgan fingerprint density at radius 2 is 1.74 bits per heavy atom. The molecule has 2 aromatic carbocycles.